The van der Waals surface area contributed by atoms with Gasteiger partial charge in [-0.2, -0.15) is 0 Å². The minimum Gasteiger partial charge on any atom is -0.338 e. The Morgan fingerprint density at radius 3 is 2.28 bits per heavy atom. The summed E-state index contributed by atoms with van der Waals surface area (Å²) in [5.74, 6) is 0.607. The smallest absolute Gasteiger partial charge is 0.232 e. The van der Waals surface area contributed by atoms with E-state index in [0.29, 0.717) is 26.1 Å². The summed E-state index contributed by atoms with van der Waals surface area (Å²) >= 11 is 0. The molecule has 2 fully saturated rings. The largest absolute Gasteiger partial charge is 0.338 e. The van der Waals surface area contributed by atoms with Crippen LogP contribution in [0.1, 0.15) is 42.4 Å². The highest BCUT2D eigenvalue weighted by Gasteiger charge is 2.37. The average molecular weight is 524 g/mol. The van der Waals surface area contributed by atoms with E-state index in [-0.39, 0.29) is 17.7 Å². The van der Waals surface area contributed by atoms with Gasteiger partial charge in [-0.3, -0.25) is 9.59 Å². The number of carbonyl (C=O) groups excluding carboxylic acids is 2. The molecule has 0 saturated carbocycles. The van der Waals surface area contributed by atoms with Crippen molar-refractivity contribution in [2.24, 2.45) is 11.8 Å². The Balaban J connectivity index is 1.15. The predicted molar refractivity (Wildman–Crippen MR) is 157 cm³/mol. The van der Waals surface area contributed by atoms with Crippen LogP contribution < -0.4 is 4.90 Å². The predicted octanol–water partition coefficient (Wildman–Crippen LogP) is 5.72. The molecule has 5 nitrogen and oxygen atoms in total. The average Bonchev–Trinajstić information content (AvgIpc) is 3.34. The van der Waals surface area contributed by atoms with E-state index in [1.807, 2.05) is 52.3 Å². The van der Waals surface area contributed by atoms with Crippen molar-refractivity contribution in [1.82, 2.24) is 9.80 Å². The van der Waals surface area contributed by atoms with Crippen LogP contribution in [0.4, 0.5) is 5.69 Å². The Morgan fingerprint density at radius 1 is 0.897 bits per heavy atom. The van der Waals surface area contributed by atoms with Gasteiger partial charge in [-0.25, -0.2) is 0 Å². The highest BCUT2D eigenvalue weighted by atomic mass is 16.2. The summed E-state index contributed by atoms with van der Waals surface area (Å²) in [5.41, 5.74) is 4.69. The molecule has 2 heterocycles. The quantitative estimate of drug-likeness (QED) is 0.341. The van der Waals surface area contributed by atoms with Crippen molar-refractivity contribution < 1.29 is 9.59 Å². The standard InChI is InChI=1S/C34H41N3O2/c1-27-11-8-9-14-30(27)25-36-26-31(24-33(36)38)34(39)37(32-15-6-3-7-16-32)20-10-19-35-21-17-29(18-22-35)23-28-12-4-2-5-13-28/h2-9,11-16,29,31H,10,17-26H2,1H3. The van der Waals surface area contributed by atoms with E-state index in [4.69, 9.17) is 0 Å². The zero-order valence-electron chi connectivity index (χ0n) is 23.2. The van der Waals surface area contributed by atoms with E-state index < -0.39 is 0 Å². The molecule has 0 N–H and O–H groups in total. The number of para-hydroxylation sites is 1. The zero-order chi connectivity index (χ0) is 27.0. The second-order valence-electron chi connectivity index (χ2n) is 11.3. The Kier molecular flexibility index (Phi) is 9.10. The van der Waals surface area contributed by atoms with Gasteiger partial charge in [-0.05, 0) is 87.0 Å². The minimum absolute atomic E-state index is 0.0722. The molecule has 2 aliphatic heterocycles. The first kappa shape index (κ1) is 27.1. The topological polar surface area (TPSA) is 43.9 Å². The second kappa shape index (κ2) is 13.1. The monoisotopic (exact) mass is 523 g/mol. The molecule has 3 aromatic rings. The Labute approximate surface area is 233 Å². The fourth-order valence-electron chi connectivity index (χ4n) is 6.09. The van der Waals surface area contributed by atoms with Crippen LogP contribution in [0.2, 0.25) is 0 Å². The maximum Gasteiger partial charge on any atom is 0.232 e. The van der Waals surface area contributed by atoms with Crippen molar-refractivity contribution in [3.8, 4) is 0 Å². The third-order valence-electron chi connectivity index (χ3n) is 8.45. The highest BCUT2D eigenvalue weighted by Crippen LogP contribution is 2.26. The van der Waals surface area contributed by atoms with Gasteiger partial charge < -0.3 is 14.7 Å². The maximum absolute atomic E-state index is 13.8. The van der Waals surface area contributed by atoms with E-state index in [1.165, 1.54) is 30.4 Å². The van der Waals surface area contributed by atoms with Gasteiger partial charge in [-0.15, -0.1) is 0 Å². The number of anilines is 1. The van der Waals surface area contributed by atoms with E-state index in [9.17, 15) is 9.59 Å². The molecule has 2 saturated heterocycles. The lowest BCUT2D eigenvalue weighted by Gasteiger charge is -2.33. The minimum atomic E-state index is -0.296. The summed E-state index contributed by atoms with van der Waals surface area (Å²) in [6.07, 6.45) is 4.86. The number of likely N-dealkylation sites (tertiary alicyclic amines) is 2. The molecule has 3 aromatic carbocycles. The number of rotatable bonds is 10. The SMILES string of the molecule is Cc1ccccc1CN1CC(C(=O)N(CCCN2CCC(Cc3ccccc3)CC2)c2ccccc2)CC1=O. The number of carbonyl (C=O) groups is 2. The van der Waals surface area contributed by atoms with Crippen LogP contribution in [0.15, 0.2) is 84.9 Å². The third kappa shape index (κ3) is 7.15. The Bertz CT molecular complexity index is 1220. The van der Waals surface area contributed by atoms with Crippen LogP contribution in [-0.2, 0) is 22.6 Å². The molecular weight excluding hydrogens is 482 g/mol. The van der Waals surface area contributed by atoms with Gasteiger partial charge in [0.05, 0.1) is 5.92 Å². The highest BCUT2D eigenvalue weighted by molar-refractivity contribution is 5.99. The molecular formula is C34H41N3O2. The van der Waals surface area contributed by atoms with Gasteiger partial charge in [0, 0.05) is 31.7 Å². The Hall–Kier alpha value is -3.44. The van der Waals surface area contributed by atoms with Crippen molar-refractivity contribution >= 4 is 17.5 Å². The molecule has 5 rings (SSSR count). The number of piperidine rings is 1. The molecule has 5 heteroatoms. The molecule has 0 aliphatic carbocycles. The lowest BCUT2D eigenvalue weighted by Crippen LogP contribution is -2.40. The molecule has 0 radical (unpaired) electrons. The summed E-state index contributed by atoms with van der Waals surface area (Å²) in [5, 5.41) is 0. The number of amides is 2. The van der Waals surface area contributed by atoms with Crippen LogP contribution in [-0.4, -0.2) is 54.3 Å². The molecule has 204 valence electrons. The van der Waals surface area contributed by atoms with Crippen LogP contribution in [0.3, 0.4) is 0 Å². The van der Waals surface area contributed by atoms with Crippen LogP contribution >= 0.6 is 0 Å². The summed E-state index contributed by atoms with van der Waals surface area (Å²) < 4.78 is 0. The summed E-state index contributed by atoms with van der Waals surface area (Å²) in [7, 11) is 0. The molecule has 2 aliphatic rings. The summed E-state index contributed by atoms with van der Waals surface area (Å²) in [6.45, 7) is 7.06. The van der Waals surface area contributed by atoms with Crippen molar-refractivity contribution in [2.45, 2.75) is 45.6 Å². The fourth-order valence-corrected chi connectivity index (χ4v) is 6.09. The Morgan fingerprint density at radius 2 is 1.56 bits per heavy atom. The zero-order valence-corrected chi connectivity index (χ0v) is 23.2. The van der Waals surface area contributed by atoms with E-state index >= 15 is 0 Å². The van der Waals surface area contributed by atoms with E-state index in [0.717, 1.165) is 43.2 Å². The van der Waals surface area contributed by atoms with Crippen molar-refractivity contribution in [1.29, 1.82) is 0 Å². The van der Waals surface area contributed by atoms with Crippen molar-refractivity contribution in [3.63, 3.8) is 0 Å². The lowest BCUT2D eigenvalue weighted by molar-refractivity contribution is -0.128. The fraction of sp³-hybridized carbons (Fsp3) is 0.412. The van der Waals surface area contributed by atoms with E-state index in [2.05, 4.69) is 54.3 Å². The van der Waals surface area contributed by atoms with Gasteiger partial charge in [-0.1, -0.05) is 72.8 Å². The number of hydrogen-bond acceptors (Lipinski definition) is 3. The molecule has 2 amide bonds. The van der Waals surface area contributed by atoms with Gasteiger partial charge >= 0.3 is 0 Å². The maximum atomic E-state index is 13.8. The molecule has 1 atom stereocenters. The first-order chi connectivity index (χ1) is 19.1. The molecule has 0 aromatic heterocycles. The normalized spacial score (nSPS) is 18.4. The second-order valence-corrected chi connectivity index (χ2v) is 11.3. The summed E-state index contributed by atoms with van der Waals surface area (Å²) in [4.78, 5) is 33.0. The first-order valence-corrected chi connectivity index (χ1v) is 14.5. The van der Waals surface area contributed by atoms with Crippen LogP contribution in [0, 0.1) is 18.8 Å². The number of aryl methyl sites for hydroxylation is 1. The number of nitrogens with zero attached hydrogens (tertiary/aromatic N) is 3. The van der Waals surface area contributed by atoms with Crippen LogP contribution in [0.5, 0.6) is 0 Å². The first-order valence-electron chi connectivity index (χ1n) is 14.5. The van der Waals surface area contributed by atoms with Crippen molar-refractivity contribution in [3.05, 3.63) is 102 Å². The number of benzene rings is 3. The molecule has 39 heavy (non-hydrogen) atoms. The van der Waals surface area contributed by atoms with Gasteiger partial charge in [0.25, 0.3) is 0 Å². The van der Waals surface area contributed by atoms with E-state index in [1.54, 1.807) is 0 Å². The van der Waals surface area contributed by atoms with Gasteiger partial charge in [0.15, 0.2) is 0 Å². The molecule has 0 bridgehead atoms. The third-order valence-corrected chi connectivity index (χ3v) is 8.45. The lowest BCUT2D eigenvalue weighted by atomic mass is 9.90. The van der Waals surface area contributed by atoms with Gasteiger partial charge in [0.1, 0.15) is 0 Å². The summed E-state index contributed by atoms with van der Waals surface area (Å²) in [6, 6.07) is 29.0. The van der Waals surface area contributed by atoms with Crippen LogP contribution in [0.25, 0.3) is 0 Å². The molecule has 0 spiro atoms. The van der Waals surface area contributed by atoms with Crippen molar-refractivity contribution in [2.75, 3.05) is 37.6 Å². The molecule has 1 unspecified atom stereocenters. The number of hydrogen-bond donors (Lipinski definition) is 0. The van der Waals surface area contributed by atoms with Gasteiger partial charge in [0.2, 0.25) is 11.8 Å².